The molecule has 1 aliphatic carbocycles. The van der Waals surface area contributed by atoms with Gasteiger partial charge >= 0.3 is 0 Å². The van der Waals surface area contributed by atoms with Crippen LogP contribution in [0.4, 0.5) is 0 Å². The molecule has 1 fully saturated rings. The van der Waals surface area contributed by atoms with E-state index in [0.29, 0.717) is 12.5 Å². The zero-order chi connectivity index (χ0) is 13.0. The Labute approximate surface area is 113 Å². The van der Waals surface area contributed by atoms with Gasteiger partial charge in [-0.1, -0.05) is 0 Å². The van der Waals surface area contributed by atoms with Crippen LogP contribution in [0.1, 0.15) is 41.4 Å². The molecule has 4 nitrogen and oxygen atoms in total. The van der Waals surface area contributed by atoms with E-state index in [1.54, 1.807) is 18.4 Å². The van der Waals surface area contributed by atoms with Gasteiger partial charge in [-0.05, 0) is 32.7 Å². The SMILES string of the molecule is CCOC(c1nc(COC)c(CNC)s1)C1CC1. The Hall–Kier alpha value is -0.490. The van der Waals surface area contributed by atoms with Gasteiger partial charge in [-0.15, -0.1) is 11.3 Å². The summed E-state index contributed by atoms with van der Waals surface area (Å²) in [5.41, 5.74) is 1.05. The van der Waals surface area contributed by atoms with Crippen LogP contribution in [0.25, 0.3) is 0 Å². The van der Waals surface area contributed by atoms with Crippen molar-refractivity contribution < 1.29 is 9.47 Å². The first-order chi connectivity index (χ1) is 8.80. The molecule has 0 aromatic carbocycles. The number of nitrogens with zero attached hydrogens (tertiary/aromatic N) is 1. The summed E-state index contributed by atoms with van der Waals surface area (Å²) >= 11 is 1.76. The van der Waals surface area contributed by atoms with E-state index in [4.69, 9.17) is 14.5 Å². The first-order valence-corrected chi connectivity index (χ1v) is 7.35. The first kappa shape index (κ1) is 13.9. The number of ether oxygens (including phenoxy) is 2. The minimum Gasteiger partial charge on any atom is -0.378 e. The fraction of sp³-hybridized carbons (Fsp3) is 0.769. The molecule has 1 N–H and O–H groups in total. The summed E-state index contributed by atoms with van der Waals surface area (Å²) in [4.78, 5) is 5.99. The van der Waals surface area contributed by atoms with Gasteiger partial charge in [0, 0.05) is 25.1 Å². The Morgan fingerprint density at radius 1 is 1.50 bits per heavy atom. The van der Waals surface area contributed by atoms with Crippen LogP contribution in [0, 0.1) is 5.92 Å². The van der Waals surface area contributed by atoms with E-state index in [0.717, 1.165) is 23.9 Å². The van der Waals surface area contributed by atoms with Gasteiger partial charge in [-0.3, -0.25) is 0 Å². The molecule has 1 heterocycles. The molecule has 0 spiro atoms. The Balaban J connectivity index is 2.17. The third-order valence-corrected chi connectivity index (χ3v) is 4.21. The maximum Gasteiger partial charge on any atom is 0.122 e. The Kier molecular flexibility index (Phi) is 5.12. The molecular formula is C13H22N2O2S. The largest absolute Gasteiger partial charge is 0.378 e. The van der Waals surface area contributed by atoms with Gasteiger partial charge in [0.25, 0.3) is 0 Å². The lowest BCUT2D eigenvalue weighted by Gasteiger charge is -2.12. The van der Waals surface area contributed by atoms with Crippen LogP contribution in [-0.2, 0) is 22.6 Å². The summed E-state index contributed by atoms with van der Waals surface area (Å²) in [6, 6.07) is 0. The van der Waals surface area contributed by atoms with Gasteiger partial charge in [0.15, 0.2) is 0 Å². The highest BCUT2D eigenvalue weighted by Crippen LogP contribution is 2.44. The van der Waals surface area contributed by atoms with Crippen molar-refractivity contribution in [3.05, 3.63) is 15.6 Å². The second kappa shape index (κ2) is 6.61. The van der Waals surface area contributed by atoms with E-state index in [2.05, 4.69) is 5.32 Å². The van der Waals surface area contributed by atoms with Crippen molar-refractivity contribution in [2.24, 2.45) is 5.92 Å². The van der Waals surface area contributed by atoms with Crippen LogP contribution in [-0.4, -0.2) is 25.7 Å². The number of aromatic nitrogens is 1. The van der Waals surface area contributed by atoms with Crippen LogP contribution >= 0.6 is 11.3 Å². The molecular weight excluding hydrogens is 248 g/mol. The Morgan fingerprint density at radius 2 is 2.28 bits per heavy atom. The van der Waals surface area contributed by atoms with Crippen molar-refractivity contribution in [1.82, 2.24) is 10.3 Å². The quantitative estimate of drug-likeness (QED) is 0.788. The molecule has 5 heteroatoms. The molecule has 2 rings (SSSR count). The zero-order valence-electron chi connectivity index (χ0n) is 11.4. The third-order valence-electron chi connectivity index (χ3n) is 3.05. The Morgan fingerprint density at radius 3 is 2.83 bits per heavy atom. The molecule has 1 unspecified atom stereocenters. The Bertz CT molecular complexity index is 354. The van der Waals surface area contributed by atoms with Crippen molar-refractivity contribution in [2.75, 3.05) is 20.8 Å². The van der Waals surface area contributed by atoms with E-state index in [-0.39, 0.29) is 6.10 Å². The van der Waals surface area contributed by atoms with Crippen molar-refractivity contribution in [2.45, 2.75) is 39.0 Å². The van der Waals surface area contributed by atoms with Gasteiger partial charge < -0.3 is 14.8 Å². The molecule has 1 aromatic rings. The van der Waals surface area contributed by atoms with Crippen LogP contribution in [0.15, 0.2) is 0 Å². The van der Waals surface area contributed by atoms with Crippen LogP contribution in [0.3, 0.4) is 0 Å². The summed E-state index contributed by atoms with van der Waals surface area (Å²) in [7, 11) is 3.67. The molecule has 0 bridgehead atoms. The average molecular weight is 270 g/mol. The maximum atomic E-state index is 5.86. The molecule has 0 aliphatic heterocycles. The second-order valence-electron chi connectivity index (χ2n) is 4.60. The summed E-state index contributed by atoms with van der Waals surface area (Å²) in [5.74, 6) is 0.675. The predicted octanol–water partition coefficient (Wildman–Crippen LogP) is 2.50. The number of hydrogen-bond donors (Lipinski definition) is 1. The van der Waals surface area contributed by atoms with E-state index in [1.165, 1.54) is 17.7 Å². The second-order valence-corrected chi connectivity index (χ2v) is 5.71. The maximum absolute atomic E-state index is 5.86. The van der Waals surface area contributed by atoms with Gasteiger partial charge in [0.05, 0.1) is 12.3 Å². The fourth-order valence-corrected chi connectivity index (χ4v) is 3.28. The lowest BCUT2D eigenvalue weighted by Crippen LogP contribution is -2.06. The van der Waals surface area contributed by atoms with Crippen molar-refractivity contribution >= 4 is 11.3 Å². The molecule has 1 aromatic heterocycles. The van der Waals surface area contributed by atoms with E-state index < -0.39 is 0 Å². The summed E-state index contributed by atoms with van der Waals surface area (Å²) in [6.45, 7) is 4.23. The van der Waals surface area contributed by atoms with Crippen molar-refractivity contribution in [1.29, 1.82) is 0 Å². The standard InChI is InChI=1S/C13H22N2O2S/c1-4-17-12(9-5-6-9)13-15-10(8-16-3)11(18-13)7-14-2/h9,12,14H,4-8H2,1-3H3. The smallest absolute Gasteiger partial charge is 0.122 e. The van der Waals surface area contributed by atoms with E-state index in [9.17, 15) is 0 Å². The summed E-state index contributed by atoms with van der Waals surface area (Å²) in [6.07, 6.45) is 2.73. The van der Waals surface area contributed by atoms with Gasteiger partial charge in [-0.2, -0.15) is 0 Å². The highest BCUT2D eigenvalue weighted by molar-refractivity contribution is 7.11. The monoisotopic (exact) mass is 270 g/mol. The molecule has 18 heavy (non-hydrogen) atoms. The molecule has 1 aliphatic rings. The fourth-order valence-electron chi connectivity index (χ4n) is 2.06. The molecule has 0 amide bonds. The molecule has 1 atom stereocenters. The van der Waals surface area contributed by atoms with Crippen molar-refractivity contribution in [3.63, 3.8) is 0 Å². The van der Waals surface area contributed by atoms with Gasteiger partial charge in [-0.25, -0.2) is 4.98 Å². The lowest BCUT2D eigenvalue weighted by atomic mass is 10.2. The molecule has 0 radical (unpaired) electrons. The average Bonchev–Trinajstić information content (AvgIpc) is 3.12. The topological polar surface area (TPSA) is 43.4 Å². The normalized spacial score (nSPS) is 17.1. The van der Waals surface area contributed by atoms with E-state index >= 15 is 0 Å². The molecule has 1 saturated carbocycles. The van der Waals surface area contributed by atoms with E-state index in [1.807, 2.05) is 14.0 Å². The molecule has 102 valence electrons. The highest BCUT2D eigenvalue weighted by Gasteiger charge is 2.35. The number of methoxy groups -OCH3 is 1. The number of thiazole rings is 1. The van der Waals surface area contributed by atoms with Gasteiger partial charge in [0.2, 0.25) is 0 Å². The van der Waals surface area contributed by atoms with Gasteiger partial charge in [0.1, 0.15) is 11.1 Å². The summed E-state index contributed by atoms with van der Waals surface area (Å²) < 4.78 is 11.1. The predicted molar refractivity (Wildman–Crippen MR) is 72.7 cm³/mol. The number of rotatable bonds is 8. The van der Waals surface area contributed by atoms with Crippen LogP contribution in [0.5, 0.6) is 0 Å². The molecule has 0 saturated heterocycles. The number of hydrogen-bond acceptors (Lipinski definition) is 5. The minimum atomic E-state index is 0.196. The third kappa shape index (κ3) is 3.29. The lowest BCUT2D eigenvalue weighted by molar-refractivity contribution is 0.0459. The minimum absolute atomic E-state index is 0.196. The highest BCUT2D eigenvalue weighted by atomic mass is 32.1. The van der Waals surface area contributed by atoms with Crippen molar-refractivity contribution in [3.8, 4) is 0 Å². The number of nitrogens with one attached hydrogen (secondary N) is 1. The first-order valence-electron chi connectivity index (χ1n) is 6.53. The van der Waals surface area contributed by atoms with Crippen LogP contribution < -0.4 is 5.32 Å². The zero-order valence-corrected chi connectivity index (χ0v) is 12.2. The summed E-state index contributed by atoms with van der Waals surface area (Å²) in [5, 5.41) is 4.31. The van der Waals surface area contributed by atoms with Crippen LogP contribution in [0.2, 0.25) is 0 Å².